The number of nitrogens with two attached hydrogens (primary N) is 1. The molecule has 1 heterocycles. The molecule has 98 valence electrons. The van der Waals surface area contributed by atoms with Gasteiger partial charge in [0.2, 0.25) is 0 Å². The number of hydrogen-bond donors (Lipinski definition) is 1. The van der Waals surface area contributed by atoms with E-state index in [-0.39, 0.29) is 12.4 Å². The Morgan fingerprint density at radius 1 is 1.22 bits per heavy atom. The molecule has 0 spiro atoms. The maximum Gasteiger partial charge on any atom is 0.129 e. The van der Waals surface area contributed by atoms with Crippen molar-refractivity contribution in [2.24, 2.45) is 11.7 Å². The molecule has 1 saturated carbocycles. The number of rotatable bonds is 2. The number of fused-ring (bicyclic) bond motifs is 1. The molecule has 3 heteroatoms. The second kappa shape index (κ2) is 4.88. The van der Waals surface area contributed by atoms with Gasteiger partial charge in [0.05, 0.1) is 0 Å². The molecular weight excluding hydrogens is 227 g/mol. The third kappa shape index (κ3) is 1.91. The van der Waals surface area contributed by atoms with Crippen LogP contribution in [-0.2, 0) is 6.54 Å². The Labute approximate surface area is 108 Å². The summed E-state index contributed by atoms with van der Waals surface area (Å²) in [5.41, 5.74) is 7.44. The number of anilines is 1. The van der Waals surface area contributed by atoms with Crippen LogP contribution in [0.2, 0.25) is 0 Å². The first-order chi connectivity index (χ1) is 8.81. The van der Waals surface area contributed by atoms with Gasteiger partial charge in [-0.2, -0.15) is 0 Å². The molecule has 2 N–H and O–H groups in total. The lowest BCUT2D eigenvalue weighted by Gasteiger charge is -2.34. The lowest BCUT2D eigenvalue weighted by atomic mass is 9.85. The fraction of sp³-hybridized carbons (Fsp3) is 0.600. The van der Waals surface area contributed by atoms with Crippen LogP contribution in [-0.4, -0.2) is 12.6 Å². The zero-order valence-corrected chi connectivity index (χ0v) is 10.7. The van der Waals surface area contributed by atoms with Gasteiger partial charge in [0.25, 0.3) is 0 Å². The Bertz CT molecular complexity index is 433. The number of halogens is 1. The molecule has 1 saturated heterocycles. The average molecular weight is 248 g/mol. The van der Waals surface area contributed by atoms with Crippen molar-refractivity contribution in [2.75, 3.05) is 11.4 Å². The average Bonchev–Trinajstić information content (AvgIpc) is 2.82. The molecule has 1 aliphatic carbocycles. The quantitative estimate of drug-likeness (QED) is 0.871. The topological polar surface area (TPSA) is 29.3 Å². The van der Waals surface area contributed by atoms with E-state index in [2.05, 4.69) is 4.90 Å². The highest BCUT2D eigenvalue weighted by atomic mass is 19.1. The van der Waals surface area contributed by atoms with Gasteiger partial charge in [0.1, 0.15) is 5.82 Å². The van der Waals surface area contributed by atoms with Crippen molar-refractivity contribution in [2.45, 2.75) is 44.7 Å². The summed E-state index contributed by atoms with van der Waals surface area (Å²) >= 11 is 0. The standard InChI is InChI=1S/C15H21FN2/c16-13-5-3-7-15(12(13)10-17)18-9-8-11-4-1-2-6-14(11)18/h3,5,7,11,14H,1-2,4,6,8-10,17H2. The molecule has 2 atom stereocenters. The molecule has 0 radical (unpaired) electrons. The second-order valence-electron chi connectivity index (χ2n) is 5.54. The summed E-state index contributed by atoms with van der Waals surface area (Å²) in [5, 5.41) is 0. The summed E-state index contributed by atoms with van der Waals surface area (Å²) in [6, 6.07) is 5.97. The van der Waals surface area contributed by atoms with E-state index in [9.17, 15) is 4.39 Å². The zero-order valence-electron chi connectivity index (χ0n) is 10.7. The molecule has 0 amide bonds. The molecule has 2 unspecified atom stereocenters. The van der Waals surface area contributed by atoms with Crippen molar-refractivity contribution in [1.82, 2.24) is 0 Å². The van der Waals surface area contributed by atoms with Crippen LogP contribution in [0.5, 0.6) is 0 Å². The van der Waals surface area contributed by atoms with E-state index in [0.717, 1.165) is 18.2 Å². The predicted octanol–water partition coefficient (Wildman–Crippen LogP) is 3.05. The van der Waals surface area contributed by atoms with Crippen molar-refractivity contribution in [1.29, 1.82) is 0 Å². The van der Waals surface area contributed by atoms with Gasteiger partial charge in [-0.15, -0.1) is 0 Å². The summed E-state index contributed by atoms with van der Waals surface area (Å²) in [6.07, 6.45) is 6.53. The van der Waals surface area contributed by atoms with E-state index < -0.39 is 0 Å². The SMILES string of the molecule is NCc1c(F)cccc1N1CCC2CCCCC21. The summed E-state index contributed by atoms with van der Waals surface area (Å²) in [4.78, 5) is 2.41. The first kappa shape index (κ1) is 12.0. The van der Waals surface area contributed by atoms with E-state index in [4.69, 9.17) is 5.73 Å². The van der Waals surface area contributed by atoms with Gasteiger partial charge in [-0.3, -0.25) is 0 Å². The molecule has 2 aliphatic rings. The number of nitrogens with zero attached hydrogens (tertiary/aromatic N) is 1. The van der Waals surface area contributed by atoms with Crippen LogP contribution in [0.25, 0.3) is 0 Å². The van der Waals surface area contributed by atoms with Crippen molar-refractivity contribution in [3.05, 3.63) is 29.6 Å². The highest BCUT2D eigenvalue weighted by Gasteiger charge is 2.36. The van der Waals surface area contributed by atoms with E-state index in [1.807, 2.05) is 6.07 Å². The minimum atomic E-state index is -0.158. The summed E-state index contributed by atoms with van der Waals surface area (Å²) < 4.78 is 13.8. The summed E-state index contributed by atoms with van der Waals surface area (Å²) in [6.45, 7) is 1.35. The van der Waals surface area contributed by atoms with Gasteiger partial charge < -0.3 is 10.6 Å². The van der Waals surface area contributed by atoms with Crippen LogP contribution in [0.3, 0.4) is 0 Å². The second-order valence-corrected chi connectivity index (χ2v) is 5.54. The van der Waals surface area contributed by atoms with Gasteiger partial charge in [-0.25, -0.2) is 4.39 Å². The first-order valence-electron chi connectivity index (χ1n) is 7.05. The normalized spacial score (nSPS) is 27.3. The lowest BCUT2D eigenvalue weighted by molar-refractivity contribution is 0.342. The number of hydrogen-bond acceptors (Lipinski definition) is 2. The van der Waals surface area contributed by atoms with Crippen LogP contribution >= 0.6 is 0 Å². The first-order valence-corrected chi connectivity index (χ1v) is 7.05. The van der Waals surface area contributed by atoms with Crippen LogP contribution in [0.4, 0.5) is 10.1 Å². The van der Waals surface area contributed by atoms with Crippen LogP contribution in [0, 0.1) is 11.7 Å². The van der Waals surface area contributed by atoms with Crippen molar-refractivity contribution in [3.63, 3.8) is 0 Å². The highest BCUT2D eigenvalue weighted by molar-refractivity contribution is 5.56. The minimum Gasteiger partial charge on any atom is -0.368 e. The maximum absolute atomic E-state index is 13.8. The molecular formula is C15H21FN2. The van der Waals surface area contributed by atoms with Gasteiger partial charge in [-0.05, 0) is 37.3 Å². The van der Waals surface area contributed by atoms with E-state index in [0.29, 0.717) is 11.6 Å². The molecule has 18 heavy (non-hydrogen) atoms. The predicted molar refractivity (Wildman–Crippen MR) is 72.0 cm³/mol. The third-order valence-corrected chi connectivity index (χ3v) is 4.62. The Hall–Kier alpha value is -1.09. The highest BCUT2D eigenvalue weighted by Crippen LogP contribution is 2.40. The van der Waals surface area contributed by atoms with Crippen molar-refractivity contribution < 1.29 is 4.39 Å². The minimum absolute atomic E-state index is 0.158. The number of benzene rings is 1. The molecule has 0 aromatic heterocycles. The smallest absolute Gasteiger partial charge is 0.129 e. The summed E-state index contributed by atoms with van der Waals surface area (Å²) in [5.74, 6) is 0.655. The Morgan fingerprint density at radius 3 is 2.89 bits per heavy atom. The molecule has 2 fully saturated rings. The largest absolute Gasteiger partial charge is 0.368 e. The zero-order chi connectivity index (χ0) is 12.5. The van der Waals surface area contributed by atoms with Crippen molar-refractivity contribution in [3.8, 4) is 0 Å². The Kier molecular flexibility index (Phi) is 3.25. The van der Waals surface area contributed by atoms with Crippen LogP contribution in [0.1, 0.15) is 37.7 Å². The van der Waals surface area contributed by atoms with Gasteiger partial charge in [0, 0.05) is 30.4 Å². The van der Waals surface area contributed by atoms with Crippen LogP contribution in [0.15, 0.2) is 18.2 Å². The van der Waals surface area contributed by atoms with Gasteiger partial charge in [-0.1, -0.05) is 18.9 Å². The van der Waals surface area contributed by atoms with Crippen molar-refractivity contribution >= 4 is 5.69 Å². The fourth-order valence-electron chi connectivity index (χ4n) is 3.72. The molecule has 0 bridgehead atoms. The molecule has 1 aliphatic heterocycles. The molecule has 1 aromatic carbocycles. The molecule has 3 rings (SSSR count). The van der Waals surface area contributed by atoms with E-state index >= 15 is 0 Å². The van der Waals surface area contributed by atoms with Crippen LogP contribution < -0.4 is 10.6 Å². The Morgan fingerprint density at radius 2 is 2.06 bits per heavy atom. The summed E-state index contributed by atoms with van der Waals surface area (Å²) in [7, 11) is 0. The molecule has 1 aromatic rings. The van der Waals surface area contributed by atoms with Gasteiger partial charge in [0.15, 0.2) is 0 Å². The van der Waals surface area contributed by atoms with E-state index in [1.54, 1.807) is 6.07 Å². The van der Waals surface area contributed by atoms with Gasteiger partial charge >= 0.3 is 0 Å². The van der Waals surface area contributed by atoms with E-state index in [1.165, 1.54) is 38.2 Å². The maximum atomic E-state index is 13.8. The lowest BCUT2D eigenvalue weighted by Crippen LogP contribution is -2.35. The third-order valence-electron chi connectivity index (χ3n) is 4.62. The Balaban J connectivity index is 1.93. The molecule has 2 nitrogen and oxygen atoms in total. The fourth-order valence-corrected chi connectivity index (χ4v) is 3.72. The monoisotopic (exact) mass is 248 g/mol.